The predicted octanol–water partition coefficient (Wildman–Crippen LogP) is 4.30. The van der Waals surface area contributed by atoms with Crippen LogP contribution >= 0.6 is 34.5 Å². The number of carbonyl (C=O) groups excluding carboxylic acids is 3. The van der Waals surface area contributed by atoms with Crippen molar-refractivity contribution in [2.75, 3.05) is 30.0 Å². The number of ether oxygens (including phenoxy) is 1. The van der Waals surface area contributed by atoms with Gasteiger partial charge in [-0.15, -0.1) is 11.3 Å². The molecular weight excluding hydrogens is 529 g/mol. The molecule has 0 radical (unpaired) electrons. The fraction of sp³-hybridized carbons (Fsp3) is 0.167. The van der Waals surface area contributed by atoms with Gasteiger partial charge in [-0.25, -0.2) is 4.79 Å². The fourth-order valence-corrected chi connectivity index (χ4v) is 4.84. The summed E-state index contributed by atoms with van der Waals surface area (Å²) in [6.07, 6.45) is 0. The van der Waals surface area contributed by atoms with E-state index >= 15 is 0 Å². The second kappa shape index (κ2) is 11.1. The fourth-order valence-electron chi connectivity index (χ4n) is 3.60. The highest BCUT2D eigenvalue weighted by Gasteiger charge is 2.24. The molecule has 12 heteroatoms. The quantitative estimate of drug-likeness (QED) is 0.405. The van der Waals surface area contributed by atoms with Gasteiger partial charge in [0.2, 0.25) is 0 Å². The minimum absolute atomic E-state index is 0.0378. The van der Waals surface area contributed by atoms with Crippen LogP contribution in [0.1, 0.15) is 36.0 Å². The second-order valence-electron chi connectivity index (χ2n) is 7.65. The zero-order chi connectivity index (χ0) is 25.8. The number of morpholine rings is 1. The van der Waals surface area contributed by atoms with Gasteiger partial charge >= 0.3 is 5.97 Å². The van der Waals surface area contributed by atoms with Gasteiger partial charge in [-0.2, -0.15) is 0 Å². The summed E-state index contributed by atoms with van der Waals surface area (Å²) in [5.41, 5.74) is 0.900. The van der Waals surface area contributed by atoms with E-state index in [9.17, 15) is 24.3 Å². The van der Waals surface area contributed by atoms with Crippen molar-refractivity contribution in [3.8, 4) is 0 Å². The lowest BCUT2D eigenvalue weighted by Crippen LogP contribution is -2.41. The van der Waals surface area contributed by atoms with Crippen molar-refractivity contribution in [1.82, 2.24) is 5.32 Å². The van der Waals surface area contributed by atoms with E-state index in [4.69, 9.17) is 27.9 Å². The average molecular weight is 548 g/mol. The van der Waals surface area contributed by atoms with Crippen LogP contribution in [0.3, 0.4) is 0 Å². The largest absolute Gasteiger partial charge is 0.478 e. The topological polar surface area (TPSA) is 125 Å². The maximum absolute atomic E-state index is 13.0. The van der Waals surface area contributed by atoms with Crippen molar-refractivity contribution in [1.29, 1.82) is 0 Å². The zero-order valence-electron chi connectivity index (χ0n) is 18.5. The summed E-state index contributed by atoms with van der Waals surface area (Å²) in [5, 5.41) is 15.2. The van der Waals surface area contributed by atoms with Gasteiger partial charge in [-0.05, 0) is 42.0 Å². The molecule has 0 atom stereocenters. The number of aromatic carboxylic acids is 1. The number of carboxylic acids is 1. The van der Waals surface area contributed by atoms with Crippen molar-refractivity contribution >= 4 is 69.6 Å². The molecule has 3 amide bonds. The molecule has 1 aliphatic heterocycles. The summed E-state index contributed by atoms with van der Waals surface area (Å²) < 4.78 is 5.59. The summed E-state index contributed by atoms with van der Waals surface area (Å²) in [4.78, 5) is 51.3. The van der Waals surface area contributed by atoms with Gasteiger partial charge in [0.25, 0.3) is 17.7 Å². The molecule has 0 unspecified atom stereocenters. The van der Waals surface area contributed by atoms with Crippen LogP contribution in [0.15, 0.2) is 48.5 Å². The number of anilines is 2. The molecule has 0 spiro atoms. The Labute approximate surface area is 219 Å². The number of thiophene rings is 1. The van der Waals surface area contributed by atoms with Crippen LogP contribution in [0.5, 0.6) is 0 Å². The van der Waals surface area contributed by atoms with Crippen LogP contribution < -0.4 is 15.5 Å². The Hall–Kier alpha value is -3.44. The van der Waals surface area contributed by atoms with Crippen LogP contribution in [-0.4, -0.2) is 48.6 Å². The molecule has 1 aromatic heterocycles. The van der Waals surface area contributed by atoms with Crippen LogP contribution in [0.4, 0.5) is 11.4 Å². The summed E-state index contributed by atoms with van der Waals surface area (Å²) in [6, 6.07) is 12.1. The predicted molar refractivity (Wildman–Crippen MR) is 136 cm³/mol. The SMILES string of the molecule is O=C(Nc1c(CNC(=O)c2ccc(Cl)s2)cccc1C(=O)O)c1ccc(N2CCOCC2=O)c(Cl)c1. The average Bonchev–Trinajstić information content (AvgIpc) is 3.29. The minimum Gasteiger partial charge on any atom is -0.478 e. The molecule has 0 bridgehead atoms. The molecule has 0 saturated carbocycles. The van der Waals surface area contributed by atoms with Gasteiger partial charge in [0.1, 0.15) is 6.61 Å². The number of amides is 3. The Bertz CT molecular complexity index is 1360. The van der Waals surface area contributed by atoms with Gasteiger partial charge in [0.15, 0.2) is 0 Å². The zero-order valence-corrected chi connectivity index (χ0v) is 20.9. The standard InChI is InChI=1S/C24H19Cl2N3O6S/c25-16-10-13(4-5-17(16)29-8-9-35-12-20(29)30)22(31)28-21-14(2-1-3-15(21)24(33)34)11-27-23(32)18-6-7-19(26)36-18/h1-7,10H,8-9,11-12H2,(H,27,32)(H,28,31)(H,33,34). The van der Waals surface area contributed by atoms with E-state index in [1.807, 2.05) is 0 Å². The number of carbonyl (C=O) groups is 4. The summed E-state index contributed by atoms with van der Waals surface area (Å²) in [7, 11) is 0. The first-order valence-corrected chi connectivity index (χ1v) is 12.2. The number of hydrogen-bond acceptors (Lipinski definition) is 6. The third-order valence-corrected chi connectivity index (χ3v) is 6.88. The van der Waals surface area contributed by atoms with Crippen molar-refractivity contribution < 1.29 is 29.0 Å². The molecule has 1 saturated heterocycles. The molecule has 4 rings (SSSR count). The number of para-hydroxylation sites is 1. The molecular formula is C24H19Cl2N3O6S. The van der Waals surface area contributed by atoms with Crippen molar-refractivity contribution in [2.24, 2.45) is 0 Å². The number of nitrogens with zero attached hydrogens (tertiary/aromatic N) is 1. The van der Waals surface area contributed by atoms with Gasteiger partial charge in [0.05, 0.1) is 37.8 Å². The second-order valence-corrected chi connectivity index (χ2v) is 9.77. The smallest absolute Gasteiger partial charge is 0.337 e. The van der Waals surface area contributed by atoms with Gasteiger partial charge in [-0.3, -0.25) is 14.4 Å². The Morgan fingerprint density at radius 1 is 1.08 bits per heavy atom. The summed E-state index contributed by atoms with van der Waals surface area (Å²) in [6.45, 7) is 0.616. The number of halogens is 2. The maximum atomic E-state index is 13.0. The van der Waals surface area contributed by atoms with E-state index in [2.05, 4.69) is 10.6 Å². The lowest BCUT2D eigenvalue weighted by Gasteiger charge is -2.27. The van der Waals surface area contributed by atoms with Crippen molar-refractivity contribution in [2.45, 2.75) is 6.54 Å². The van der Waals surface area contributed by atoms with Crippen LogP contribution in [0.25, 0.3) is 0 Å². The first-order valence-electron chi connectivity index (χ1n) is 10.6. The molecule has 1 aliphatic rings. The van der Waals surface area contributed by atoms with E-state index in [0.29, 0.717) is 33.6 Å². The number of carboxylic acid groups (broad SMARTS) is 1. The normalized spacial score (nSPS) is 13.4. The Kier molecular flexibility index (Phi) is 7.90. The highest BCUT2D eigenvalue weighted by molar-refractivity contribution is 7.18. The highest BCUT2D eigenvalue weighted by atomic mass is 35.5. The highest BCUT2D eigenvalue weighted by Crippen LogP contribution is 2.29. The lowest BCUT2D eigenvalue weighted by atomic mass is 10.1. The third kappa shape index (κ3) is 5.68. The Balaban J connectivity index is 1.55. The molecule has 2 aromatic carbocycles. The van der Waals surface area contributed by atoms with Gasteiger partial charge < -0.3 is 25.4 Å². The van der Waals surface area contributed by atoms with Crippen LogP contribution in [0.2, 0.25) is 9.36 Å². The molecule has 36 heavy (non-hydrogen) atoms. The van der Waals surface area contributed by atoms with E-state index in [1.165, 1.54) is 29.2 Å². The lowest BCUT2D eigenvalue weighted by molar-refractivity contribution is -0.125. The summed E-state index contributed by atoms with van der Waals surface area (Å²) in [5.74, 6) is -2.48. The first kappa shape index (κ1) is 25.6. The first-order chi connectivity index (χ1) is 17.2. The number of hydrogen-bond donors (Lipinski definition) is 3. The maximum Gasteiger partial charge on any atom is 0.337 e. The Morgan fingerprint density at radius 3 is 2.56 bits per heavy atom. The summed E-state index contributed by atoms with van der Waals surface area (Å²) >= 11 is 13.4. The molecule has 1 fully saturated rings. The van der Waals surface area contributed by atoms with Gasteiger partial charge in [-0.1, -0.05) is 35.3 Å². The van der Waals surface area contributed by atoms with Crippen molar-refractivity contribution in [3.63, 3.8) is 0 Å². The number of nitrogens with one attached hydrogen (secondary N) is 2. The minimum atomic E-state index is -1.25. The van der Waals surface area contributed by atoms with E-state index < -0.39 is 11.9 Å². The van der Waals surface area contributed by atoms with E-state index in [0.717, 1.165) is 11.3 Å². The molecule has 2 heterocycles. The number of benzene rings is 2. The molecule has 3 aromatic rings. The van der Waals surface area contributed by atoms with Crippen LogP contribution in [0, 0.1) is 0 Å². The molecule has 9 nitrogen and oxygen atoms in total. The van der Waals surface area contributed by atoms with Gasteiger partial charge in [0, 0.05) is 18.7 Å². The van der Waals surface area contributed by atoms with E-state index in [1.54, 1.807) is 24.3 Å². The van der Waals surface area contributed by atoms with Crippen molar-refractivity contribution in [3.05, 3.63) is 79.5 Å². The Morgan fingerprint density at radius 2 is 1.89 bits per heavy atom. The van der Waals surface area contributed by atoms with Crippen LogP contribution in [-0.2, 0) is 16.1 Å². The third-order valence-electron chi connectivity index (χ3n) is 5.34. The monoisotopic (exact) mass is 547 g/mol. The molecule has 3 N–H and O–H groups in total. The number of rotatable bonds is 7. The molecule has 0 aliphatic carbocycles. The molecule has 186 valence electrons. The van der Waals surface area contributed by atoms with E-state index in [-0.39, 0.29) is 46.8 Å².